The number of carbonyl (C=O) groups excluding carboxylic acids is 2. The van der Waals surface area contributed by atoms with E-state index in [-0.39, 0.29) is 24.2 Å². The van der Waals surface area contributed by atoms with Gasteiger partial charge in [-0.05, 0) is 74.4 Å². The molecule has 7 nitrogen and oxygen atoms in total. The summed E-state index contributed by atoms with van der Waals surface area (Å²) in [6, 6.07) is 9.36. The third-order valence-electron chi connectivity index (χ3n) is 7.61. The average Bonchev–Trinajstić information content (AvgIpc) is 2.93. The molecule has 0 aromatic heterocycles. The number of halogens is 2. The summed E-state index contributed by atoms with van der Waals surface area (Å²) in [7, 11) is 0. The Hall–Kier alpha value is -2.48. The van der Waals surface area contributed by atoms with E-state index in [1.165, 1.54) is 19.3 Å². The molecule has 0 bridgehead atoms. The molecule has 0 radical (unpaired) electrons. The summed E-state index contributed by atoms with van der Waals surface area (Å²) in [5, 5.41) is 17.5. The third kappa shape index (κ3) is 8.50. The summed E-state index contributed by atoms with van der Waals surface area (Å²) in [6.45, 7) is 2.15. The number of nitrogens with one attached hydrogen (secondary N) is 2. The lowest BCUT2D eigenvalue weighted by molar-refractivity contribution is -0.134. The highest BCUT2D eigenvalue weighted by Gasteiger charge is 2.25. The fraction of sp³-hybridized carbons (Fsp3) is 0.533. The van der Waals surface area contributed by atoms with Crippen molar-refractivity contribution < 1.29 is 19.4 Å². The zero-order valence-corrected chi connectivity index (χ0v) is 24.0. The van der Waals surface area contributed by atoms with Gasteiger partial charge in [0.2, 0.25) is 5.91 Å². The highest BCUT2D eigenvalue weighted by molar-refractivity contribution is 6.35. The lowest BCUT2D eigenvalue weighted by Gasteiger charge is -2.34. The van der Waals surface area contributed by atoms with Gasteiger partial charge in [0.05, 0.1) is 0 Å². The number of hydrogen-bond acceptors (Lipinski definition) is 5. The van der Waals surface area contributed by atoms with Crippen LogP contribution in [-0.4, -0.2) is 54.1 Å². The monoisotopic (exact) mass is 575 g/mol. The molecule has 1 aliphatic carbocycles. The number of ether oxygens (including phenoxy) is 1. The van der Waals surface area contributed by atoms with Gasteiger partial charge >= 0.3 is 0 Å². The maximum Gasteiger partial charge on any atom is 0.262 e. The lowest BCUT2D eigenvalue weighted by Crippen LogP contribution is -2.43. The Kier molecular flexibility index (Phi) is 11.2. The number of rotatable bonds is 13. The Labute approximate surface area is 241 Å². The molecule has 1 aliphatic heterocycles. The first kappa shape index (κ1) is 29.5. The Morgan fingerprint density at radius 1 is 1.03 bits per heavy atom. The van der Waals surface area contributed by atoms with Gasteiger partial charge in [0, 0.05) is 35.6 Å². The van der Waals surface area contributed by atoms with Gasteiger partial charge in [-0.25, -0.2) is 0 Å². The van der Waals surface area contributed by atoms with Crippen LogP contribution in [0.15, 0.2) is 30.3 Å². The zero-order valence-electron chi connectivity index (χ0n) is 22.4. The number of fused-ring (bicyclic) bond motifs is 1. The second kappa shape index (κ2) is 14.8. The Bertz CT molecular complexity index is 1140. The van der Waals surface area contributed by atoms with Crippen LogP contribution in [0.1, 0.15) is 68.9 Å². The van der Waals surface area contributed by atoms with Crippen molar-refractivity contribution in [2.75, 3.05) is 31.6 Å². The van der Waals surface area contributed by atoms with E-state index in [2.05, 4.69) is 15.5 Å². The Morgan fingerprint density at radius 3 is 2.62 bits per heavy atom. The topological polar surface area (TPSA) is 90.9 Å². The van der Waals surface area contributed by atoms with Gasteiger partial charge in [-0.2, -0.15) is 0 Å². The van der Waals surface area contributed by atoms with Gasteiger partial charge in [-0.1, -0.05) is 61.0 Å². The normalized spacial score (nSPS) is 15.4. The fourth-order valence-corrected chi connectivity index (χ4v) is 6.00. The molecule has 3 N–H and O–H groups in total. The van der Waals surface area contributed by atoms with E-state index in [9.17, 15) is 14.7 Å². The summed E-state index contributed by atoms with van der Waals surface area (Å²) in [6.07, 6.45) is 10.8. The minimum absolute atomic E-state index is 0.0201. The van der Waals surface area contributed by atoms with Crippen LogP contribution >= 0.6 is 23.2 Å². The molecule has 9 heteroatoms. The van der Waals surface area contributed by atoms with Gasteiger partial charge in [0.1, 0.15) is 11.4 Å². The number of amides is 2. The minimum atomic E-state index is -0.261. The van der Waals surface area contributed by atoms with E-state index < -0.39 is 0 Å². The van der Waals surface area contributed by atoms with E-state index in [1.54, 1.807) is 12.1 Å². The van der Waals surface area contributed by atoms with Crippen LogP contribution in [0.2, 0.25) is 10.0 Å². The number of aryl methyl sites for hydroxylation is 1. The molecule has 0 saturated heterocycles. The standard InChI is InChI=1S/C30H39Cl2N3O4/c31-23-12-10-21(25(32)19-23)14-16-33-17-15-28(38)35(24-8-4-1-5-9-24)18-6-2-3-7-22-11-13-26(36)29-30(22)39-20-27(37)34-29/h10-13,19,24,33,36H,1-9,14-18,20H2,(H,34,37). The Balaban J connectivity index is 1.21. The molecule has 39 heavy (non-hydrogen) atoms. The maximum absolute atomic E-state index is 13.2. The molecule has 1 saturated carbocycles. The second-order valence-electron chi connectivity index (χ2n) is 10.5. The van der Waals surface area contributed by atoms with E-state index in [0.29, 0.717) is 40.5 Å². The summed E-state index contributed by atoms with van der Waals surface area (Å²) in [5.74, 6) is 0.561. The van der Waals surface area contributed by atoms with Crippen LogP contribution in [-0.2, 0) is 22.4 Å². The molecular formula is C30H39Cl2N3O4. The van der Waals surface area contributed by atoms with Crippen molar-refractivity contribution in [1.29, 1.82) is 0 Å². The number of benzene rings is 2. The summed E-state index contributed by atoms with van der Waals surface area (Å²) >= 11 is 12.2. The molecule has 4 rings (SSSR count). The second-order valence-corrected chi connectivity index (χ2v) is 11.3. The molecule has 2 amide bonds. The number of nitrogens with zero attached hydrogens (tertiary/aromatic N) is 1. The summed E-state index contributed by atoms with van der Waals surface area (Å²) in [4.78, 5) is 27.0. The van der Waals surface area contributed by atoms with Crippen molar-refractivity contribution in [3.63, 3.8) is 0 Å². The summed E-state index contributed by atoms with van der Waals surface area (Å²) < 4.78 is 5.60. The molecule has 2 aromatic carbocycles. The van der Waals surface area contributed by atoms with Crippen molar-refractivity contribution >= 4 is 40.7 Å². The quantitative estimate of drug-likeness (QED) is 0.197. The fourth-order valence-electron chi connectivity index (χ4n) is 5.50. The molecule has 1 heterocycles. The van der Waals surface area contributed by atoms with Crippen molar-refractivity contribution in [2.45, 2.75) is 76.7 Å². The molecule has 0 atom stereocenters. The summed E-state index contributed by atoms with van der Waals surface area (Å²) in [5.41, 5.74) is 2.39. The highest BCUT2D eigenvalue weighted by Crippen LogP contribution is 2.39. The van der Waals surface area contributed by atoms with Crippen LogP contribution in [0.25, 0.3) is 0 Å². The van der Waals surface area contributed by atoms with Gasteiger partial charge in [-0.15, -0.1) is 0 Å². The Morgan fingerprint density at radius 2 is 1.82 bits per heavy atom. The van der Waals surface area contributed by atoms with E-state index in [0.717, 1.165) is 69.2 Å². The van der Waals surface area contributed by atoms with Crippen LogP contribution in [0.4, 0.5) is 5.69 Å². The first-order valence-corrected chi connectivity index (χ1v) is 14.9. The average molecular weight is 577 g/mol. The number of hydrogen-bond donors (Lipinski definition) is 3. The molecule has 0 spiro atoms. The van der Waals surface area contributed by atoms with E-state index in [4.69, 9.17) is 27.9 Å². The smallest absolute Gasteiger partial charge is 0.262 e. The molecule has 2 aromatic rings. The number of phenols is 1. The minimum Gasteiger partial charge on any atom is -0.506 e. The highest BCUT2D eigenvalue weighted by atomic mass is 35.5. The first-order chi connectivity index (χ1) is 18.9. The maximum atomic E-state index is 13.2. The predicted molar refractivity (Wildman–Crippen MR) is 156 cm³/mol. The van der Waals surface area contributed by atoms with Crippen LogP contribution < -0.4 is 15.4 Å². The molecule has 0 unspecified atom stereocenters. The first-order valence-electron chi connectivity index (χ1n) is 14.1. The SMILES string of the molecule is O=C1COc2c(CCCCCN(C(=O)CCNCCc3ccc(Cl)cc3Cl)C3CCCCC3)ccc(O)c2N1. The van der Waals surface area contributed by atoms with Gasteiger partial charge in [0.15, 0.2) is 12.4 Å². The van der Waals surface area contributed by atoms with Crippen LogP contribution in [0.5, 0.6) is 11.5 Å². The predicted octanol–water partition coefficient (Wildman–Crippen LogP) is 6.13. The molecular weight excluding hydrogens is 537 g/mol. The molecule has 1 fully saturated rings. The molecule has 2 aliphatic rings. The number of phenolic OH excluding ortho intramolecular Hbond substituents is 1. The van der Waals surface area contributed by atoms with E-state index in [1.807, 2.05) is 18.2 Å². The van der Waals surface area contributed by atoms with Gasteiger partial charge < -0.3 is 25.4 Å². The number of anilines is 1. The van der Waals surface area contributed by atoms with Crippen molar-refractivity contribution in [1.82, 2.24) is 10.2 Å². The lowest BCUT2D eigenvalue weighted by atomic mass is 9.93. The van der Waals surface area contributed by atoms with Crippen LogP contribution in [0, 0.1) is 0 Å². The number of unbranched alkanes of at least 4 members (excludes halogenated alkanes) is 2. The van der Waals surface area contributed by atoms with Crippen molar-refractivity contribution in [2.24, 2.45) is 0 Å². The van der Waals surface area contributed by atoms with Crippen LogP contribution in [0.3, 0.4) is 0 Å². The molecule has 212 valence electrons. The third-order valence-corrected chi connectivity index (χ3v) is 8.20. The number of carbonyl (C=O) groups is 2. The van der Waals surface area contributed by atoms with Crippen molar-refractivity contribution in [3.05, 3.63) is 51.5 Å². The van der Waals surface area contributed by atoms with Gasteiger partial charge in [0.25, 0.3) is 5.91 Å². The number of aromatic hydroxyl groups is 1. The van der Waals surface area contributed by atoms with E-state index >= 15 is 0 Å². The largest absolute Gasteiger partial charge is 0.506 e. The zero-order chi connectivity index (χ0) is 27.6. The van der Waals surface area contributed by atoms with Gasteiger partial charge in [-0.3, -0.25) is 9.59 Å². The van der Waals surface area contributed by atoms with Crippen molar-refractivity contribution in [3.8, 4) is 11.5 Å².